The number of benzene rings is 1. The number of rotatable bonds is 4. The maximum Gasteiger partial charge on any atom is 0.405 e. The Balaban J connectivity index is 1.58. The van der Waals surface area contributed by atoms with Crippen LogP contribution in [0.15, 0.2) is 61.2 Å². The Morgan fingerprint density at radius 1 is 1.10 bits per heavy atom. The van der Waals surface area contributed by atoms with Gasteiger partial charge in [-0.3, -0.25) is 4.40 Å². The van der Waals surface area contributed by atoms with Crippen molar-refractivity contribution < 1.29 is 18.0 Å². The number of aryl methyl sites for hydroxylation is 1. The molecule has 0 unspecified atom stereocenters. The van der Waals surface area contributed by atoms with Crippen molar-refractivity contribution in [3.05, 3.63) is 61.2 Å². The van der Waals surface area contributed by atoms with Crippen LogP contribution in [0.3, 0.4) is 0 Å². The molecule has 0 aliphatic heterocycles. The van der Waals surface area contributed by atoms with Crippen LogP contribution in [0.2, 0.25) is 0 Å². The molecule has 4 aromatic rings. The van der Waals surface area contributed by atoms with Crippen molar-refractivity contribution >= 4 is 17.4 Å². The van der Waals surface area contributed by atoms with Crippen molar-refractivity contribution in [1.29, 1.82) is 0 Å². The minimum absolute atomic E-state index is 0.367. The van der Waals surface area contributed by atoms with Gasteiger partial charge in [0.25, 0.3) is 0 Å². The number of imidazole rings is 2. The van der Waals surface area contributed by atoms with Gasteiger partial charge in [-0.2, -0.15) is 13.2 Å². The molecule has 0 bridgehead atoms. The summed E-state index contributed by atoms with van der Waals surface area (Å²) < 4.78 is 40.5. The van der Waals surface area contributed by atoms with Crippen LogP contribution in [0.4, 0.5) is 23.7 Å². The van der Waals surface area contributed by atoms with Crippen LogP contribution < -0.4 is 10.6 Å². The SMILES string of the molecule is Cn1ccnc1-c1ccn2c(-c3cccc(NC(=O)NCC(F)(F)F)c3)cnc2c1. The normalized spacial score (nSPS) is 11.6. The van der Waals surface area contributed by atoms with Crippen molar-refractivity contribution in [2.24, 2.45) is 7.05 Å². The van der Waals surface area contributed by atoms with Crippen molar-refractivity contribution in [2.75, 3.05) is 11.9 Å². The summed E-state index contributed by atoms with van der Waals surface area (Å²) >= 11 is 0. The summed E-state index contributed by atoms with van der Waals surface area (Å²) in [6, 6.07) is 9.71. The molecule has 0 spiro atoms. The lowest BCUT2D eigenvalue weighted by molar-refractivity contribution is -0.122. The van der Waals surface area contributed by atoms with E-state index in [2.05, 4.69) is 15.3 Å². The molecule has 0 fully saturated rings. The molecule has 154 valence electrons. The summed E-state index contributed by atoms with van der Waals surface area (Å²) in [5.41, 5.74) is 3.53. The summed E-state index contributed by atoms with van der Waals surface area (Å²) in [4.78, 5) is 20.5. The molecule has 0 saturated heterocycles. The Bertz CT molecular complexity index is 1210. The third kappa shape index (κ3) is 4.12. The van der Waals surface area contributed by atoms with Gasteiger partial charge in [-0.05, 0) is 24.3 Å². The van der Waals surface area contributed by atoms with Crippen LogP contribution in [-0.4, -0.2) is 37.7 Å². The Hall–Kier alpha value is -3.82. The molecule has 0 saturated carbocycles. The number of halogens is 3. The van der Waals surface area contributed by atoms with Crippen LogP contribution in [0, 0.1) is 0 Å². The van der Waals surface area contributed by atoms with Gasteiger partial charge in [-0.15, -0.1) is 0 Å². The predicted octanol–water partition coefficient (Wildman–Crippen LogP) is 4.09. The highest BCUT2D eigenvalue weighted by Gasteiger charge is 2.27. The summed E-state index contributed by atoms with van der Waals surface area (Å²) in [7, 11) is 1.91. The average Bonchev–Trinajstić information content (AvgIpc) is 3.31. The Morgan fingerprint density at radius 2 is 1.93 bits per heavy atom. The van der Waals surface area contributed by atoms with E-state index >= 15 is 0 Å². The topological polar surface area (TPSA) is 76.2 Å². The third-order valence-corrected chi connectivity index (χ3v) is 4.46. The lowest BCUT2D eigenvalue weighted by Gasteiger charge is -2.11. The highest BCUT2D eigenvalue weighted by Crippen LogP contribution is 2.26. The van der Waals surface area contributed by atoms with Crippen LogP contribution in [-0.2, 0) is 7.05 Å². The molecular formula is C20H17F3N6O. The van der Waals surface area contributed by atoms with E-state index in [1.54, 1.807) is 35.9 Å². The Morgan fingerprint density at radius 3 is 2.67 bits per heavy atom. The number of hydrogen-bond acceptors (Lipinski definition) is 3. The number of carbonyl (C=O) groups excluding carboxylic acids is 1. The van der Waals surface area contributed by atoms with E-state index in [1.807, 2.05) is 46.6 Å². The minimum atomic E-state index is -4.47. The molecule has 10 heteroatoms. The lowest BCUT2D eigenvalue weighted by atomic mass is 10.1. The lowest BCUT2D eigenvalue weighted by Crippen LogP contribution is -2.36. The number of nitrogens with one attached hydrogen (secondary N) is 2. The molecule has 0 radical (unpaired) electrons. The summed E-state index contributed by atoms with van der Waals surface area (Å²) in [6.45, 7) is -1.40. The Kier molecular flexibility index (Phi) is 4.90. The zero-order chi connectivity index (χ0) is 21.3. The molecule has 0 aliphatic rings. The van der Waals surface area contributed by atoms with Crippen molar-refractivity contribution in [3.8, 4) is 22.6 Å². The maximum absolute atomic E-state index is 12.2. The standard InChI is InChI=1S/C20H17F3N6O/c1-28-8-6-24-18(28)14-5-7-29-16(11-25-17(29)10-14)13-3-2-4-15(9-13)27-19(30)26-12-20(21,22)23/h2-11H,12H2,1H3,(H2,26,27,30). The number of carbonyl (C=O) groups is 1. The second kappa shape index (κ2) is 7.54. The first kappa shape index (κ1) is 19.5. The molecule has 30 heavy (non-hydrogen) atoms. The highest BCUT2D eigenvalue weighted by atomic mass is 19.4. The molecule has 2 N–H and O–H groups in total. The second-order valence-electron chi connectivity index (χ2n) is 6.65. The number of anilines is 1. The number of fused-ring (bicyclic) bond motifs is 1. The minimum Gasteiger partial charge on any atom is -0.334 e. The zero-order valence-corrected chi connectivity index (χ0v) is 15.8. The van der Waals surface area contributed by atoms with Gasteiger partial charge in [0.15, 0.2) is 0 Å². The molecule has 7 nitrogen and oxygen atoms in total. The smallest absolute Gasteiger partial charge is 0.334 e. The van der Waals surface area contributed by atoms with Gasteiger partial charge in [0.1, 0.15) is 18.0 Å². The van der Waals surface area contributed by atoms with Crippen LogP contribution in [0.25, 0.3) is 28.3 Å². The summed E-state index contributed by atoms with van der Waals surface area (Å²) in [5.74, 6) is 0.818. The number of amides is 2. The fraction of sp³-hybridized carbons (Fsp3) is 0.150. The van der Waals surface area contributed by atoms with Gasteiger partial charge < -0.3 is 15.2 Å². The molecular weight excluding hydrogens is 397 g/mol. The van der Waals surface area contributed by atoms with Gasteiger partial charge in [-0.1, -0.05) is 12.1 Å². The maximum atomic E-state index is 12.2. The molecule has 4 rings (SSSR count). The van der Waals surface area contributed by atoms with Crippen molar-refractivity contribution in [2.45, 2.75) is 6.18 Å². The first-order chi connectivity index (χ1) is 14.3. The number of hydrogen-bond donors (Lipinski definition) is 2. The number of pyridine rings is 1. The van der Waals surface area contributed by atoms with Gasteiger partial charge in [-0.25, -0.2) is 14.8 Å². The van der Waals surface area contributed by atoms with Gasteiger partial charge in [0, 0.05) is 42.5 Å². The molecule has 0 aliphatic carbocycles. The predicted molar refractivity (Wildman–Crippen MR) is 106 cm³/mol. The average molecular weight is 414 g/mol. The number of nitrogens with zero attached hydrogens (tertiary/aromatic N) is 4. The third-order valence-electron chi connectivity index (χ3n) is 4.46. The molecule has 3 heterocycles. The van der Waals surface area contributed by atoms with E-state index in [9.17, 15) is 18.0 Å². The highest BCUT2D eigenvalue weighted by molar-refractivity contribution is 5.90. The van der Waals surface area contributed by atoms with Gasteiger partial charge in [0.2, 0.25) is 0 Å². The number of aromatic nitrogens is 4. The van der Waals surface area contributed by atoms with E-state index in [0.29, 0.717) is 11.3 Å². The fourth-order valence-electron chi connectivity index (χ4n) is 3.09. The number of urea groups is 1. The van der Waals surface area contributed by atoms with E-state index in [0.717, 1.165) is 22.6 Å². The molecule has 0 atom stereocenters. The van der Waals surface area contributed by atoms with E-state index in [4.69, 9.17) is 0 Å². The van der Waals surface area contributed by atoms with E-state index < -0.39 is 18.8 Å². The molecule has 3 aromatic heterocycles. The summed E-state index contributed by atoms with van der Waals surface area (Å²) in [5, 5.41) is 4.19. The van der Waals surface area contributed by atoms with E-state index in [1.165, 1.54) is 0 Å². The summed E-state index contributed by atoms with van der Waals surface area (Å²) in [6.07, 6.45) is 2.68. The number of alkyl halides is 3. The molecule has 1 aromatic carbocycles. The first-order valence-electron chi connectivity index (χ1n) is 8.97. The Labute approximate surface area is 169 Å². The molecule has 2 amide bonds. The van der Waals surface area contributed by atoms with Crippen LogP contribution in [0.5, 0.6) is 0 Å². The fourth-order valence-corrected chi connectivity index (χ4v) is 3.09. The van der Waals surface area contributed by atoms with Gasteiger partial charge >= 0.3 is 12.2 Å². The van der Waals surface area contributed by atoms with Gasteiger partial charge in [0.05, 0.1) is 11.9 Å². The second-order valence-corrected chi connectivity index (χ2v) is 6.65. The van der Waals surface area contributed by atoms with Crippen molar-refractivity contribution in [1.82, 2.24) is 24.3 Å². The quantitative estimate of drug-likeness (QED) is 0.528. The van der Waals surface area contributed by atoms with Crippen LogP contribution in [0.1, 0.15) is 0 Å². The largest absolute Gasteiger partial charge is 0.405 e. The van der Waals surface area contributed by atoms with E-state index in [-0.39, 0.29) is 0 Å². The first-order valence-corrected chi connectivity index (χ1v) is 8.97. The van der Waals surface area contributed by atoms with Crippen LogP contribution >= 0.6 is 0 Å². The monoisotopic (exact) mass is 414 g/mol. The zero-order valence-electron chi connectivity index (χ0n) is 15.8. The van der Waals surface area contributed by atoms with Crippen molar-refractivity contribution in [3.63, 3.8) is 0 Å².